The maximum absolute atomic E-state index is 9.25. The van der Waals surface area contributed by atoms with Crippen LogP contribution in [0.15, 0.2) is 30.3 Å². The first-order chi connectivity index (χ1) is 9.26. The number of para-hydroxylation sites is 1. The summed E-state index contributed by atoms with van der Waals surface area (Å²) in [6.07, 6.45) is 1.57. The van der Waals surface area contributed by atoms with Crippen LogP contribution in [-0.4, -0.2) is 22.7 Å². The van der Waals surface area contributed by atoms with Gasteiger partial charge < -0.3 is 10.4 Å². The van der Waals surface area contributed by atoms with Gasteiger partial charge in [0.1, 0.15) is 5.82 Å². The van der Waals surface area contributed by atoms with E-state index in [0.29, 0.717) is 11.5 Å². The van der Waals surface area contributed by atoms with Crippen LogP contribution >= 0.6 is 0 Å². The minimum absolute atomic E-state index is 0.133. The van der Waals surface area contributed by atoms with Gasteiger partial charge in [0.05, 0.1) is 23.3 Å². The lowest BCUT2D eigenvalue weighted by Gasteiger charge is -2.31. The van der Waals surface area contributed by atoms with Gasteiger partial charge in [-0.1, -0.05) is 18.2 Å². The predicted octanol–water partition coefficient (Wildman–Crippen LogP) is 2.29. The Morgan fingerprint density at radius 2 is 2.16 bits per heavy atom. The van der Waals surface area contributed by atoms with E-state index in [0.717, 1.165) is 36.1 Å². The molecule has 2 N–H and O–H groups in total. The zero-order valence-electron chi connectivity index (χ0n) is 10.5. The molecular weight excluding hydrogens is 238 g/mol. The Balaban J connectivity index is 1.82. The van der Waals surface area contributed by atoms with Crippen molar-refractivity contribution in [3.05, 3.63) is 35.9 Å². The van der Waals surface area contributed by atoms with Crippen molar-refractivity contribution in [3.63, 3.8) is 0 Å². The number of hydrogen-bond donors (Lipinski definition) is 2. The van der Waals surface area contributed by atoms with Crippen molar-refractivity contribution < 1.29 is 5.11 Å². The van der Waals surface area contributed by atoms with Gasteiger partial charge in [-0.15, -0.1) is 0 Å². The van der Waals surface area contributed by atoms with Crippen molar-refractivity contribution in [2.45, 2.75) is 18.9 Å². The normalized spacial score (nSPS) is 21.7. The van der Waals surface area contributed by atoms with E-state index in [9.17, 15) is 10.4 Å². The van der Waals surface area contributed by atoms with Crippen LogP contribution in [0.2, 0.25) is 0 Å². The highest BCUT2D eigenvalue weighted by atomic mass is 16.3. The summed E-state index contributed by atoms with van der Waals surface area (Å²) in [4.78, 5) is 4.51. The molecule has 0 amide bonds. The Kier molecular flexibility index (Phi) is 3.06. The monoisotopic (exact) mass is 253 g/mol. The lowest BCUT2D eigenvalue weighted by atomic mass is 9.82. The summed E-state index contributed by atoms with van der Waals surface area (Å²) in [6, 6.07) is 11.7. The molecule has 0 bridgehead atoms. The second-order valence-corrected chi connectivity index (χ2v) is 5.06. The third-order valence-electron chi connectivity index (χ3n) is 3.62. The number of aliphatic hydroxyl groups is 1. The van der Waals surface area contributed by atoms with Gasteiger partial charge in [0.15, 0.2) is 0 Å². The summed E-state index contributed by atoms with van der Waals surface area (Å²) < 4.78 is 0. The van der Waals surface area contributed by atoms with E-state index < -0.39 is 0 Å². The molecular formula is C15H15N3O. The first kappa shape index (κ1) is 11.9. The van der Waals surface area contributed by atoms with Crippen LogP contribution in [0.3, 0.4) is 0 Å². The van der Waals surface area contributed by atoms with Gasteiger partial charge in [-0.25, -0.2) is 4.98 Å². The average molecular weight is 253 g/mol. The highest BCUT2D eigenvalue weighted by molar-refractivity contribution is 5.86. The maximum atomic E-state index is 9.25. The van der Waals surface area contributed by atoms with E-state index in [1.807, 2.05) is 24.3 Å². The molecule has 1 aromatic carbocycles. The minimum atomic E-state index is -0.133. The summed E-state index contributed by atoms with van der Waals surface area (Å²) in [6.45, 7) is 0.799. The first-order valence-electron chi connectivity index (χ1n) is 6.48. The van der Waals surface area contributed by atoms with Crippen LogP contribution in [0.25, 0.3) is 10.9 Å². The fourth-order valence-electron chi connectivity index (χ4n) is 2.47. The maximum Gasteiger partial charge on any atom is 0.127 e. The van der Waals surface area contributed by atoms with Crippen molar-refractivity contribution in [1.82, 2.24) is 4.98 Å². The van der Waals surface area contributed by atoms with E-state index in [1.54, 1.807) is 6.07 Å². The van der Waals surface area contributed by atoms with Crippen LogP contribution in [0, 0.1) is 17.2 Å². The second kappa shape index (κ2) is 4.87. The van der Waals surface area contributed by atoms with Crippen LogP contribution in [0.4, 0.5) is 5.82 Å². The summed E-state index contributed by atoms with van der Waals surface area (Å²) in [5, 5.41) is 22.6. The molecule has 96 valence electrons. The lowest BCUT2D eigenvalue weighted by molar-refractivity contribution is 0.0486. The number of hydrogen-bond acceptors (Lipinski definition) is 4. The molecule has 1 aromatic heterocycles. The Bertz CT molecular complexity index is 641. The highest BCUT2D eigenvalue weighted by Gasteiger charge is 2.26. The van der Waals surface area contributed by atoms with Gasteiger partial charge in [-0.3, -0.25) is 0 Å². The number of benzene rings is 1. The average Bonchev–Trinajstić information content (AvgIpc) is 2.41. The number of nitrogens with zero attached hydrogens (tertiary/aromatic N) is 2. The molecule has 0 aliphatic heterocycles. The van der Waals surface area contributed by atoms with E-state index >= 15 is 0 Å². The first-order valence-corrected chi connectivity index (χ1v) is 6.48. The minimum Gasteiger partial charge on any atom is -0.393 e. The largest absolute Gasteiger partial charge is 0.393 e. The summed E-state index contributed by atoms with van der Waals surface area (Å²) in [7, 11) is 0. The Hall–Kier alpha value is -2.12. The number of aromatic nitrogens is 1. The molecule has 3 rings (SSSR count). The van der Waals surface area contributed by atoms with Gasteiger partial charge in [-0.2, -0.15) is 5.26 Å². The number of anilines is 1. The smallest absolute Gasteiger partial charge is 0.127 e. The van der Waals surface area contributed by atoms with Crippen LogP contribution in [0.1, 0.15) is 18.4 Å². The molecule has 1 aliphatic carbocycles. The van der Waals surface area contributed by atoms with E-state index in [4.69, 9.17) is 0 Å². The fourth-order valence-corrected chi connectivity index (χ4v) is 2.47. The number of aliphatic hydroxyl groups excluding tert-OH is 1. The van der Waals surface area contributed by atoms with Crippen LogP contribution in [-0.2, 0) is 0 Å². The van der Waals surface area contributed by atoms with Crippen LogP contribution in [0.5, 0.6) is 0 Å². The molecule has 0 spiro atoms. The van der Waals surface area contributed by atoms with Crippen molar-refractivity contribution in [3.8, 4) is 6.07 Å². The number of pyridine rings is 1. The number of rotatable bonds is 3. The molecule has 0 atom stereocenters. The molecule has 4 heteroatoms. The molecule has 0 saturated heterocycles. The SMILES string of the molecule is N#Cc1cc(NCC2CC(O)C2)nc2ccccc12. The van der Waals surface area contributed by atoms with Gasteiger partial charge in [-0.05, 0) is 30.9 Å². The predicted molar refractivity (Wildman–Crippen MR) is 73.7 cm³/mol. The molecule has 19 heavy (non-hydrogen) atoms. The van der Waals surface area contributed by atoms with Crippen LogP contribution < -0.4 is 5.32 Å². The lowest BCUT2D eigenvalue weighted by Crippen LogP contribution is -2.33. The quantitative estimate of drug-likeness (QED) is 0.880. The van der Waals surface area contributed by atoms with Crippen molar-refractivity contribution >= 4 is 16.7 Å². The Labute approximate surface area is 111 Å². The van der Waals surface area contributed by atoms with E-state index in [1.165, 1.54) is 0 Å². The zero-order chi connectivity index (χ0) is 13.2. The summed E-state index contributed by atoms with van der Waals surface area (Å²) >= 11 is 0. The third kappa shape index (κ3) is 2.38. The Morgan fingerprint density at radius 3 is 2.89 bits per heavy atom. The zero-order valence-corrected chi connectivity index (χ0v) is 10.5. The van der Waals surface area contributed by atoms with Crippen molar-refractivity contribution in [1.29, 1.82) is 5.26 Å². The molecule has 1 heterocycles. The molecule has 4 nitrogen and oxygen atoms in total. The number of nitriles is 1. The van der Waals surface area contributed by atoms with E-state index in [2.05, 4.69) is 16.4 Å². The molecule has 2 aromatic rings. The molecule has 0 radical (unpaired) electrons. The fraction of sp³-hybridized carbons (Fsp3) is 0.333. The Morgan fingerprint density at radius 1 is 1.37 bits per heavy atom. The van der Waals surface area contributed by atoms with Crippen molar-refractivity contribution in [2.24, 2.45) is 5.92 Å². The topological polar surface area (TPSA) is 68.9 Å². The second-order valence-electron chi connectivity index (χ2n) is 5.06. The molecule has 0 unspecified atom stereocenters. The van der Waals surface area contributed by atoms with Gasteiger partial charge >= 0.3 is 0 Å². The van der Waals surface area contributed by atoms with Gasteiger partial charge in [0.2, 0.25) is 0 Å². The van der Waals surface area contributed by atoms with Gasteiger partial charge in [0.25, 0.3) is 0 Å². The standard InChI is InChI=1S/C15H15N3O/c16-8-11-7-15(17-9-10-5-12(19)6-10)18-14-4-2-1-3-13(11)14/h1-4,7,10,12,19H,5-6,9H2,(H,17,18). The summed E-state index contributed by atoms with van der Waals surface area (Å²) in [5.74, 6) is 1.24. The number of fused-ring (bicyclic) bond motifs is 1. The molecule has 1 saturated carbocycles. The van der Waals surface area contributed by atoms with Gasteiger partial charge in [0, 0.05) is 11.9 Å². The molecule has 1 fully saturated rings. The highest BCUT2D eigenvalue weighted by Crippen LogP contribution is 2.27. The third-order valence-corrected chi connectivity index (χ3v) is 3.62. The van der Waals surface area contributed by atoms with Crippen molar-refractivity contribution in [2.75, 3.05) is 11.9 Å². The number of nitrogens with one attached hydrogen (secondary N) is 1. The molecule has 1 aliphatic rings. The summed E-state index contributed by atoms with van der Waals surface area (Å²) in [5.41, 5.74) is 1.47. The van der Waals surface area contributed by atoms with E-state index in [-0.39, 0.29) is 6.10 Å².